The molecule has 10 nitrogen and oxygen atoms in total. The van der Waals surface area contributed by atoms with E-state index in [-0.39, 0.29) is 35.9 Å². The Labute approximate surface area is 212 Å². The number of hydrogen-bond donors (Lipinski definition) is 1. The van der Waals surface area contributed by atoms with Gasteiger partial charge in [0.15, 0.2) is 0 Å². The van der Waals surface area contributed by atoms with E-state index in [1.165, 1.54) is 32.2 Å². The lowest BCUT2D eigenvalue weighted by molar-refractivity contribution is -0.274. The van der Waals surface area contributed by atoms with Crippen LogP contribution in [-0.4, -0.2) is 77.3 Å². The molecule has 0 saturated carbocycles. The van der Waals surface area contributed by atoms with E-state index in [2.05, 4.69) is 15.0 Å². The second-order valence-corrected chi connectivity index (χ2v) is 9.09. The maximum Gasteiger partial charge on any atom is 0.573 e. The number of aromatic nitrogens is 2. The molecule has 2 aromatic rings. The van der Waals surface area contributed by atoms with Crippen LogP contribution in [0.4, 0.5) is 24.9 Å². The fraction of sp³-hybridized carbons (Fsp3) is 0.500. The number of alkyl halides is 3. The number of amides is 2. The highest BCUT2D eigenvalue weighted by atomic mass is 19.4. The first-order valence-corrected chi connectivity index (χ1v) is 11.9. The quantitative estimate of drug-likeness (QED) is 0.593. The number of nitrogens with zero attached hydrogens (tertiary/aromatic N) is 5. The van der Waals surface area contributed by atoms with Gasteiger partial charge in [-0.3, -0.25) is 9.59 Å². The van der Waals surface area contributed by atoms with Gasteiger partial charge in [-0.05, 0) is 26.0 Å². The maximum atomic E-state index is 13.1. The molecule has 0 atom stereocenters. The zero-order chi connectivity index (χ0) is 26.9. The number of rotatable bonds is 7. The van der Waals surface area contributed by atoms with Crippen molar-refractivity contribution in [3.05, 3.63) is 35.0 Å². The Balaban J connectivity index is 1.61. The molecule has 1 aromatic heterocycles. The minimum Gasteiger partial charge on any atom is -0.496 e. The largest absolute Gasteiger partial charge is 0.573 e. The molecular weight excluding hydrogens is 493 g/mol. The van der Waals surface area contributed by atoms with Crippen molar-refractivity contribution in [3.8, 4) is 11.5 Å². The molecule has 2 aliphatic heterocycles. The lowest BCUT2D eigenvalue weighted by Gasteiger charge is -2.34. The van der Waals surface area contributed by atoms with Crippen LogP contribution in [0.1, 0.15) is 42.4 Å². The van der Waals surface area contributed by atoms with Crippen LogP contribution >= 0.6 is 0 Å². The standard InChI is InChI=1S/C24H29F3N6O4/c1-14(2)33-13-18-20(22(33)35)29-23(32-9-7-31(8-10-32)15(3)34)30-21(18)28-12-16-5-6-17(11-19(16)36-4)37-24(25,26)27/h5-6,11,14H,7-10,12-13H2,1-4H3,(H,28,29,30). The molecule has 1 fully saturated rings. The first-order chi connectivity index (χ1) is 17.5. The van der Waals surface area contributed by atoms with Crippen molar-refractivity contribution < 1.29 is 32.2 Å². The highest BCUT2D eigenvalue weighted by Gasteiger charge is 2.35. The highest BCUT2D eigenvalue weighted by Crippen LogP contribution is 2.33. The van der Waals surface area contributed by atoms with E-state index in [1.807, 2.05) is 18.7 Å². The number of anilines is 2. The van der Waals surface area contributed by atoms with Crippen LogP contribution in [0.15, 0.2) is 18.2 Å². The first kappa shape index (κ1) is 26.3. The molecule has 13 heteroatoms. The molecule has 2 amide bonds. The molecule has 0 radical (unpaired) electrons. The smallest absolute Gasteiger partial charge is 0.496 e. The number of ether oxygens (including phenoxy) is 2. The zero-order valence-electron chi connectivity index (χ0n) is 21.1. The predicted molar refractivity (Wildman–Crippen MR) is 129 cm³/mol. The van der Waals surface area contributed by atoms with Crippen molar-refractivity contribution >= 4 is 23.6 Å². The third-order valence-corrected chi connectivity index (χ3v) is 6.36. The minimum atomic E-state index is -4.81. The highest BCUT2D eigenvalue weighted by molar-refractivity contribution is 5.98. The van der Waals surface area contributed by atoms with Gasteiger partial charge in [0.2, 0.25) is 11.9 Å². The molecule has 4 rings (SSSR count). The Morgan fingerprint density at radius 3 is 2.46 bits per heavy atom. The lowest BCUT2D eigenvalue weighted by atomic mass is 10.1. The Kier molecular flexibility index (Phi) is 7.32. The van der Waals surface area contributed by atoms with Crippen molar-refractivity contribution in [2.45, 2.75) is 46.3 Å². The fourth-order valence-electron chi connectivity index (χ4n) is 4.35. The molecule has 0 bridgehead atoms. The number of piperazine rings is 1. The van der Waals surface area contributed by atoms with E-state index in [1.54, 1.807) is 9.80 Å². The van der Waals surface area contributed by atoms with E-state index >= 15 is 0 Å². The van der Waals surface area contributed by atoms with E-state index < -0.39 is 6.36 Å². The SMILES string of the molecule is COc1cc(OC(F)(F)F)ccc1CNc1nc(N2CCN(C(C)=O)CC2)nc2c1CN(C(C)C)C2=O. The third-order valence-electron chi connectivity index (χ3n) is 6.36. The number of nitrogens with one attached hydrogen (secondary N) is 1. The van der Waals surface area contributed by atoms with Gasteiger partial charge in [-0.1, -0.05) is 0 Å². The Morgan fingerprint density at radius 1 is 1.16 bits per heavy atom. The van der Waals surface area contributed by atoms with Gasteiger partial charge < -0.3 is 29.5 Å². The minimum absolute atomic E-state index is 0.000213. The summed E-state index contributed by atoms with van der Waals surface area (Å²) in [6.07, 6.45) is -4.81. The molecule has 0 aliphatic carbocycles. The number of carbonyl (C=O) groups excluding carboxylic acids is 2. The number of benzene rings is 1. The predicted octanol–water partition coefficient (Wildman–Crippen LogP) is 3.03. The molecule has 3 heterocycles. The number of carbonyl (C=O) groups is 2. The van der Waals surface area contributed by atoms with Crippen molar-refractivity contribution in [1.82, 2.24) is 19.8 Å². The van der Waals surface area contributed by atoms with Crippen molar-refractivity contribution in [2.75, 3.05) is 43.5 Å². The first-order valence-electron chi connectivity index (χ1n) is 11.9. The Morgan fingerprint density at radius 2 is 1.86 bits per heavy atom. The number of halogens is 3. The van der Waals surface area contributed by atoms with Gasteiger partial charge in [0.1, 0.15) is 23.0 Å². The summed E-state index contributed by atoms with van der Waals surface area (Å²) in [4.78, 5) is 39.5. The average Bonchev–Trinajstić information content (AvgIpc) is 3.18. The lowest BCUT2D eigenvalue weighted by Crippen LogP contribution is -2.48. The summed E-state index contributed by atoms with van der Waals surface area (Å²) in [7, 11) is 1.36. The van der Waals surface area contributed by atoms with Crippen LogP contribution in [0.2, 0.25) is 0 Å². The van der Waals surface area contributed by atoms with Crippen LogP contribution in [0.5, 0.6) is 11.5 Å². The van der Waals surface area contributed by atoms with Crippen molar-refractivity contribution in [3.63, 3.8) is 0 Å². The van der Waals surface area contributed by atoms with Gasteiger partial charge in [-0.25, -0.2) is 4.98 Å². The second-order valence-electron chi connectivity index (χ2n) is 9.09. The molecule has 2 aliphatic rings. The average molecular weight is 523 g/mol. The van der Waals surface area contributed by atoms with Crippen LogP contribution < -0.4 is 19.7 Å². The van der Waals surface area contributed by atoms with Gasteiger partial charge >= 0.3 is 6.36 Å². The second kappa shape index (κ2) is 10.3. The van der Waals surface area contributed by atoms with Crippen molar-refractivity contribution in [2.24, 2.45) is 0 Å². The summed E-state index contributed by atoms with van der Waals surface area (Å²) in [6, 6.07) is 3.81. The molecule has 0 spiro atoms. The van der Waals surface area contributed by atoms with Gasteiger partial charge in [0, 0.05) is 62.9 Å². The molecule has 1 saturated heterocycles. The summed E-state index contributed by atoms with van der Waals surface area (Å²) < 4.78 is 47.1. The van der Waals surface area contributed by atoms with Gasteiger partial charge in [-0.15, -0.1) is 13.2 Å². The number of methoxy groups -OCH3 is 1. The van der Waals surface area contributed by atoms with Gasteiger partial charge in [0.25, 0.3) is 5.91 Å². The zero-order valence-corrected chi connectivity index (χ0v) is 21.1. The van der Waals surface area contributed by atoms with Crippen LogP contribution in [0.25, 0.3) is 0 Å². The summed E-state index contributed by atoms with van der Waals surface area (Å²) in [5, 5.41) is 3.23. The monoisotopic (exact) mass is 522 g/mol. The maximum absolute atomic E-state index is 13.1. The molecule has 37 heavy (non-hydrogen) atoms. The summed E-state index contributed by atoms with van der Waals surface area (Å²) >= 11 is 0. The number of fused-ring (bicyclic) bond motifs is 1. The molecule has 1 aromatic carbocycles. The van der Waals surface area contributed by atoms with Gasteiger partial charge in [-0.2, -0.15) is 4.98 Å². The van der Waals surface area contributed by atoms with Crippen LogP contribution in [-0.2, 0) is 17.9 Å². The van der Waals surface area contributed by atoms with Gasteiger partial charge in [0.05, 0.1) is 13.7 Å². The number of hydrogen-bond acceptors (Lipinski definition) is 8. The van der Waals surface area contributed by atoms with Crippen molar-refractivity contribution in [1.29, 1.82) is 0 Å². The molecule has 200 valence electrons. The van der Waals surface area contributed by atoms with Crippen LogP contribution in [0, 0.1) is 0 Å². The summed E-state index contributed by atoms with van der Waals surface area (Å²) in [5.74, 6) is 0.472. The molecule has 1 N–H and O–H groups in total. The van der Waals surface area contributed by atoms with E-state index in [0.29, 0.717) is 61.3 Å². The Hall–Kier alpha value is -3.77. The van der Waals surface area contributed by atoms with E-state index in [0.717, 1.165) is 0 Å². The molecular formula is C24H29F3N6O4. The fourth-order valence-corrected chi connectivity index (χ4v) is 4.35. The summed E-state index contributed by atoms with van der Waals surface area (Å²) in [6.45, 7) is 7.96. The van der Waals surface area contributed by atoms with Crippen LogP contribution in [0.3, 0.4) is 0 Å². The van der Waals surface area contributed by atoms with E-state index in [9.17, 15) is 22.8 Å². The van der Waals surface area contributed by atoms with E-state index in [4.69, 9.17) is 9.72 Å². The third kappa shape index (κ3) is 5.81. The topological polar surface area (TPSA) is 100 Å². The molecule has 0 unspecified atom stereocenters. The Bertz CT molecular complexity index is 1180. The normalized spacial score (nSPS) is 15.8. The summed E-state index contributed by atoms with van der Waals surface area (Å²) in [5.41, 5.74) is 1.54.